The van der Waals surface area contributed by atoms with Gasteiger partial charge in [0.15, 0.2) is 0 Å². The Morgan fingerprint density at radius 2 is 1.68 bits per heavy atom. The van der Waals surface area contributed by atoms with Crippen LogP contribution < -0.4 is 0 Å². The predicted octanol–water partition coefficient (Wildman–Crippen LogP) is 5.35. The Kier molecular flexibility index (Phi) is 3.94. The first-order valence-corrected chi connectivity index (χ1v) is 8.10. The van der Waals surface area contributed by atoms with E-state index in [1.54, 1.807) is 12.1 Å². The van der Waals surface area contributed by atoms with Crippen LogP contribution in [0.25, 0.3) is 32.9 Å². The van der Waals surface area contributed by atoms with E-state index in [0.29, 0.717) is 33.8 Å². The van der Waals surface area contributed by atoms with Gasteiger partial charge in [-0.3, -0.25) is 4.98 Å². The average Bonchev–Trinajstić information content (AvgIpc) is 3.03. The smallest absolute Gasteiger partial charge is 0.252 e. The van der Waals surface area contributed by atoms with Crippen LogP contribution in [0.15, 0.2) is 60.4 Å². The molecule has 1 aromatic heterocycles. The van der Waals surface area contributed by atoms with E-state index in [0.717, 1.165) is 17.7 Å². The molecule has 0 atom stereocenters. The maximum atomic E-state index is 12.8. The molecule has 1 aliphatic carbocycles. The van der Waals surface area contributed by atoms with Crippen LogP contribution in [0.3, 0.4) is 0 Å². The van der Waals surface area contributed by atoms with E-state index in [-0.39, 0.29) is 5.70 Å². The molecule has 2 aromatic carbocycles. The van der Waals surface area contributed by atoms with Gasteiger partial charge in [0.05, 0.1) is 41.5 Å². The lowest BCUT2D eigenvalue weighted by Gasteiger charge is -2.08. The number of hydrogen-bond acceptors (Lipinski definition) is 3. The third-order valence-corrected chi connectivity index (χ3v) is 4.42. The first kappa shape index (κ1) is 17.4. The van der Waals surface area contributed by atoms with Gasteiger partial charge in [0.2, 0.25) is 0 Å². The summed E-state index contributed by atoms with van der Waals surface area (Å²) in [5.74, 6) is 0. The Bertz CT molecular complexity index is 1190. The summed E-state index contributed by atoms with van der Waals surface area (Å²) in [6.45, 7) is 7.30. The van der Waals surface area contributed by atoms with Gasteiger partial charge in [-0.2, -0.15) is 13.2 Å². The van der Waals surface area contributed by atoms with Gasteiger partial charge in [-0.15, -0.1) is 0 Å². The van der Waals surface area contributed by atoms with Crippen molar-refractivity contribution in [2.45, 2.75) is 6.18 Å². The van der Waals surface area contributed by atoms with Crippen LogP contribution in [0.5, 0.6) is 0 Å². The Balaban J connectivity index is 1.89. The van der Waals surface area contributed by atoms with Crippen LogP contribution in [-0.4, -0.2) is 9.97 Å². The normalized spacial score (nSPS) is 13.9. The number of aromatic nitrogens is 2. The van der Waals surface area contributed by atoms with Crippen LogP contribution in [0.2, 0.25) is 0 Å². The summed E-state index contributed by atoms with van der Waals surface area (Å²) in [6.07, 6.45) is -2.94. The molecule has 0 fully saturated rings. The van der Waals surface area contributed by atoms with Crippen molar-refractivity contribution in [2.24, 2.45) is 0 Å². The number of alkyl halides is 3. The van der Waals surface area contributed by atoms with E-state index in [4.69, 9.17) is 6.57 Å². The van der Waals surface area contributed by atoms with Crippen molar-refractivity contribution in [2.75, 3.05) is 0 Å². The standard InChI is InChI=1S/C21H9F3N4/c1-26-16(10-25)18-14-4-2-3-5-15(14)19-20(18)28-17(11-27-19)12-6-8-13(9-7-12)21(22,23)24/h2-9,11H/b18-16+. The molecule has 0 unspecified atom stereocenters. The number of nitrogens with zero attached hydrogens (tertiary/aromatic N) is 4. The quantitative estimate of drug-likeness (QED) is 0.334. The van der Waals surface area contributed by atoms with Gasteiger partial charge >= 0.3 is 6.18 Å². The molecule has 0 saturated carbocycles. The van der Waals surface area contributed by atoms with Gasteiger partial charge in [0.1, 0.15) is 0 Å². The third-order valence-electron chi connectivity index (χ3n) is 4.42. The zero-order chi connectivity index (χ0) is 19.9. The molecular formula is C21H9F3N4. The number of halogens is 3. The van der Waals surface area contributed by atoms with E-state index in [1.807, 2.05) is 18.2 Å². The second kappa shape index (κ2) is 6.33. The minimum absolute atomic E-state index is 0.106. The Morgan fingerprint density at radius 3 is 2.29 bits per heavy atom. The van der Waals surface area contributed by atoms with Gasteiger partial charge < -0.3 is 0 Å². The second-order valence-electron chi connectivity index (χ2n) is 6.02. The van der Waals surface area contributed by atoms with Crippen molar-refractivity contribution in [3.63, 3.8) is 0 Å². The Labute approximate surface area is 158 Å². The Morgan fingerprint density at radius 1 is 1.00 bits per heavy atom. The SMILES string of the molecule is [C-]#[N+]/C(C#N)=C1\c2ccccc2-c2ncc(-c3ccc(C(F)(F)F)cc3)nc21. The molecule has 0 spiro atoms. The maximum Gasteiger partial charge on any atom is 0.416 e. The summed E-state index contributed by atoms with van der Waals surface area (Å²) in [4.78, 5) is 12.3. The Hall–Kier alpha value is -3.97. The van der Waals surface area contributed by atoms with Crippen LogP contribution >= 0.6 is 0 Å². The number of hydrogen-bond donors (Lipinski definition) is 0. The van der Waals surface area contributed by atoms with Gasteiger partial charge in [-0.1, -0.05) is 36.4 Å². The van der Waals surface area contributed by atoms with E-state index in [1.165, 1.54) is 18.3 Å². The predicted molar refractivity (Wildman–Crippen MR) is 96.1 cm³/mol. The van der Waals surface area contributed by atoms with Crippen molar-refractivity contribution in [3.05, 3.63) is 88.7 Å². The minimum atomic E-state index is -4.42. The summed E-state index contributed by atoms with van der Waals surface area (Å²) >= 11 is 0. The molecule has 134 valence electrons. The fourth-order valence-corrected chi connectivity index (χ4v) is 3.14. The number of allylic oxidation sites excluding steroid dienone is 1. The van der Waals surface area contributed by atoms with Crippen LogP contribution in [0.1, 0.15) is 16.8 Å². The molecule has 0 saturated heterocycles. The highest BCUT2D eigenvalue weighted by Gasteiger charge is 2.31. The monoisotopic (exact) mass is 374 g/mol. The lowest BCUT2D eigenvalue weighted by Crippen LogP contribution is -2.04. The maximum absolute atomic E-state index is 12.8. The summed E-state index contributed by atoms with van der Waals surface area (Å²) in [7, 11) is 0. The molecule has 0 aliphatic heterocycles. The van der Waals surface area contributed by atoms with E-state index < -0.39 is 11.7 Å². The largest absolute Gasteiger partial charge is 0.416 e. The molecule has 3 aromatic rings. The molecule has 1 heterocycles. The van der Waals surface area contributed by atoms with Crippen LogP contribution in [0.4, 0.5) is 13.2 Å². The van der Waals surface area contributed by atoms with E-state index in [2.05, 4.69) is 14.8 Å². The van der Waals surface area contributed by atoms with Gasteiger partial charge in [-0.05, 0) is 17.7 Å². The second-order valence-corrected chi connectivity index (χ2v) is 6.02. The summed E-state index contributed by atoms with van der Waals surface area (Å²) in [5.41, 5.74) is 2.72. The summed E-state index contributed by atoms with van der Waals surface area (Å²) in [6, 6.07) is 13.7. The van der Waals surface area contributed by atoms with Crippen molar-refractivity contribution >= 4 is 5.57 Å². The van der Waals surface area contributed by atoms with Crippen molar-refractivity contribution < 1.29 is 13.2 Å². The van der Waals surface area contributed by atoms with Gasteiger partial charge in [0, 0.05) is 16.7 Å². The molecule has 28 heavy (non-hydrogen) atoms. The van der Waals surface area contributed by atoms with Crippen molar-refractivity contribution in [3.8, 4) is 28.6 Å². The fraction of sp³-hybridized carbons (Fsp3) is 0.0476. The molecular weight excluding hydrogens is 365 g/mol. The topological polar surface area (TPSA) is 53.9 Å². The molecule has 7 heteroatoms. The summed E-state index contributed by atoms with van der Waals surface area (Å²) < 4.78 is 38.3. The zero-order valence-electron chi connectivity index (χ0n) is 14.1. The van der Waals surface area contributed by atoms with Crippen molar-refractivity contribution in [1.29, 1.82) is 5.26 Å². The van der Waals surface area contributed by atoms with Crippen LogP contribution in [-0.2, 0) is 6.18 Å². The summed E-state index contributed by atoms with van der Waals surface area (Å²) in [5, 5.41) is 9.35. The van der Waals surface area contributed by atoms with Crippen LogP contribution in [0, 0.1) is 17.9 Å². The fourth-order valence-electron chi connectivity index (χ4n) is 3.14. The number of benzene rings is 2. The third kappa shape index (κ3) is 2.70. The molecule has 0 radical (unpaired) electrons. The first-order valence-electron chi connectivity index (χ1n) is 8.10. The molecule has 4 nitrogen and oxygen atoms in total. The molecule has 1 aliphatic rings. The minimum Gasteiger partial charge on any atom is -0.252 e. The average molecular weight is 374 g/mol. The lowest BCUT2D eigenvalue weighted by molar-refractivity contribution is -0.137. The number of nitriles is 1. The van der Waals surface area contributed by atoms with Gasteiger partial charge in [-0.25, -0.2) is 15.1 Å². The lowest BCUT2D eigenvalue weighted by atomic mass is 10.0. The highest BCUT2D eigenvalue weighted by atomic mass is 19.4. The number of rotatable bonds is 1. The van der Waals surface area contributed by atoms with Crippen molar-refractivity contribution in [1.82, 2.24) is 9.97 Å². The molecule has 0 bridgehead atoms. The molecule has 4 rings (SSSR count). The molecule has 0 amide bonds. The highest BCUT2D eigenvalue weighted by Crippen LogP contribution is 2.44. The molecule has 0 N–H and O–H groups in total. The van der Waals surface area contributed by atoms with Gasteiger partial charge in [0.25, 0.3) is 5.70 Å². The first-order chi connectivity index (χ1) is 13.4. The zero-order valence-corrected chi connectivity index (χ0v) is 14.1. The van der Waals surface area contributed by atoms with E-state index in [9.17, 15) is 18.4 Å². The highest BCUT2D eigenvalue weighted by molar-refractivity contribution is 6.01. The van der Waals surface area contributed by atoms with E-state index >= 15 is 0 Å². The number of fused-ring (bicyclic) bond motifs is 3.